The minimum atomic E-state index is -0.265. The summed E-state index contributed by atoms with van der Waals surface area (Å²) >= 11 is 15.0. The predicted molar refractivity (Wildman–Crippen MR) is 84.7 cm³/mol. The molecule has 0 aliphatic heterocycles. The fourth-order valence-electron chi connectivity index (χ4n) is 1.47. The number of carbonyl (C=O) groups is 1. The molecule has 3 nitrogen and oxygen atoms in total. The third kappa shape index (κ3) is 4.40. The molecular formula is C14H10BrCl2NO2. The van der Waals surface area contributed by atoms with E-state index in [1.165, 1.54) is 0 Å². The first-order chi connectivity index (χ1) is 9.54. The normalized spacial score (nSPS) is 10.2. The van der Waals surface area contributed by atoms with Crippen molar-refractivity contribution in [1.82, 2.24) is 0 Å². The van der Waals surface area contributed by atoms with E-state index < -0.39 is 0 Å². The number of ether oxygens (including phenoxy) is 1. The molecule has 0 heterocycles. The van der Waals surface area contributed by atoms with Gasteiger partial charge in [-0.15, -0.1) is 0 Å². The van der Waals surface area contributed by atoms with E-state index in [0.717, 1.165) is 4.47 Å². The van der Waals surface area contributed by atoms with Crippen molar-refractivity contribution in [2.75, 3.05) is 11.9 Å². The zero-order valence-electron chi connectivity index (χ0n) is 10.2. The van der Waals surface area contributed by atoms with Crippen molar-refractivity contribution in [2.45, 2.75) is 0 Å². The Morgan fingerprint density at radius 1 is 1.15 bits per heavy atom. The van der Waals surface area contributed by atoms with E-state index in [0.29, 0.717) is 21.5 Å². The van der Waals surface area contributed by atoms with Crippen LogP contribution in [0.25, 0.3) is 0 Å². The van der Waals surface area contributed by atoms with E-state index >= 15 is 0 Å². The topological polar surface area (TPSA) is 38.3 Å². The molecule has 1 amide bonds. The van der Waals surface area contributed by atoms with Gasteiger partial charge in [-0.2, -0.15) is 0 Å². The van der Waals surface area contributed by atoms with Crippen LogP contribution in [0.15, 0.2) is 46.9 Å². The number of amides is 1. The summed E-state index contributed by atoms with van der Waals surface area (Å²) in [7, 11) is 0. The molecular weight excluding hydrogens is 365 g/mol. The molecule has 104 valence electrons. The molecule has 0 spiro atoms. The Morgan fingerprint density at radius 2 is 1.85 bits per heavy atom. The average molecular weight is 375 g/mol. The van der Waals surface area contributed by atoms with Crippen LogP contribution in [0, 0.1) is 0 Å². The number of hydrogen-bond acceptors (Lipinski definition) is 2. The smallest absolute Gasteiger partial charge is 0.262 e. The molecule has 0 aromatic heterocycles. The Balaban J connectivity index is 1.90. The molecule has 0 bridgehead atoms. The van der Waals surface area contributed by atoms with Crippen molar-refractivity contribution < 1.29 is 9.53 Å². The number of hydrogen-bond donors (Lipinski definition) is 1. The molecule has 2 rings (SSSR count). The highest BCUT2D eigenvalue weighted by molar-refractivity contribution is 9.10. The van der Waals surface area contributed by atoms with Gasteiger partial charge in [-0.05, 0) is 42.5 Å². The number of anilines is 1. The number of benzene rings is 2. The van der Waals surface area contributed by atoms with Gasteiger partial charge in [0.25, 0.3) is 5.91 Å². The van der Waals surface area contributed by atoms with Crippen LogP contribution in [0.5, 0.6) is 5.75 Å². The van der Waals surface area contributed by atoms with Gasteiger partial charge in [0.05, 0.1) is 5.02 Å². The van der Waals surface area contributed by atoms with Gasteiger partial charge in [0.1, 0.15) is 5.75 Å². The minimum Gasteiger partial charge on any atom is -0.482 e. The molecule has 0 unspecified atom stereocenters. The third-order valence-corrected chi connectivity index (χ3v) is 3.44. The van der Waals surface area contributed by atoms with Crippen LogP contribution < -0.4 is 10.1 Å². The molecule has 0 atom stereocenters. The Kier molecular flexibility index (Phi) is 5.29. The highest BCUT2D eigenvalue weighted by Gasteiger charge is 2.07. The minimum absolute atomic E-state index is 0.128. The molecule has 2 aromatic rings. The first kappa shape index (κ1) is 15.2. The first-order valence-electron chi connectivity index (χ1n) is 5.68. The van der Waals surface area contributed by atoms with Crippen molar-refractivity contribution in [3.8, 4) is 5.75 Å². The maximum Gasteiger partial charge on any atom is 0.262 e. The highest BCUT2D eigenvalue weighted by atomic mass is 79.9. The molecule has 20 heavy (non-hydrogen) atoms. The van der Waals surface area contributed by atoms with Crippen LogP contribution in [0.3, 0.4) is 0 Å². The summed E-state index contributed by atoms with van der Waals surface area (Å²) in [6, 6.07) is 12.1. The summed E-state index contributed by atoms with van der Waals surface area (Å²) in [4.78, 5) is 11.7. The average Bonchev–Trinajstić information content (AvgIpc) is 2.40. The van der Waals surface area contributed by atoms with Gasteiger partial charge < -0.3 is 10.1 Å². The van der Waals surface area contributed by atoms with Crippen LogP contribution in [-0.4, -0.2) is 12.5 Å². The third-order valence-electron chi connectivity index (χ3n) is 2.38. The van der Waals surface area contributed by atoms with Gasteiger partial charge >= 0.3 is 0 Å². The second kappa shape index (κ2) is 6.97. The van der Waals surface area contributed by atoms with Crippen molar-refractivity contribution >= 4 is 50.7 Å². The van der Waals surface area contributed by atoms with E-state index in [1.807, 2.05) is 12.1 Å². The predicted octanol–water partition coefficient (Wildman–Crippen LogP) is 4.77. The van der Waals surface area contributed by atoms with Crippen LogP contribution >= 0.6 is 39.1 Å². The molecule has 0 aliphatic carbocycles. The van der Waals surface area contributed by atoms with Crippen LogP contribution in [0.2, 0.25) is 10.0 Å². The Hall–Kier alpha value is -1.23. The van der Waals surface area contributed by atoms with Crippen molar-refractivity contribution in [3.05, 3.63) is 57.0 Å². The first-order valence-corrected chi connectivity index (χ1v) is 7.23. The summed E-state index contributed by atoms with van der Waals surface area (Å²) in [6.07, 6.45) is 0. The summed E-state index contributed by atoms with van der Waals surface area (Å²) in [5, 5.41) is 3.60. The Labute approximate surface area is 135 Å². The van der Waals surface area contributed by atoms with E-state index in [2.05, 4.69) is 21.2 Å². The number of rotatable bonds is 4. The summed E-state index contributed by atoms with van der Waals surface area (Å²) in [5.74, 6) is 0.153. The fraction of sp³-hybridized carbons (Fsp3) is 0.0714. The van der Waals surface area contributed by atoms with Gasteiger partial charge in [0.15, 0.2) is 6.61 Å². The van der Waals surface area contributed by atoms with Gasteiger partial charge in [-0.1, -0.05) is 39.1 Å². The second-order valence-electron chi connectivity index (χ2n) is 3.92. The molecule has 0 saturated carbocycles. The SMILES string of the molecule is O=C(COc1ccc(Cl)cc1Cl)Nc1ccc(Br)cc1. The lowest BCUT2D eigenvalue weighted by Crippen LogP contribution is -2.20. The summed E-state index contributed by atoms with van der Waals surface area (Å²) in [6.45, 7) is -0.128. The molecule has 0 fully saturated rings. The van der Waals surface area contributed by atoms with Gasteiger partial charge in [-0.25, -0.2) is 0 Å². The fourth-order valence-corrected chi connectivity index (χ4v) is 2.19. The molecule has 6 heteroatoms. The zero-order valence-corrected chi connectivity index (χ0v) is 13.3. The summed E-state index contributed by atoms with van der Waals surface area (Å²) in [5.41, 5.74) is 0.698. The van der Waals surface area contributed by atoms with Gasteiger partial charge in [-0.3, -0.25) is 4.79 Å². The van der Waals surface area contributed by atoms with Crippen molar-refractivity contribution in [3.63, 3.8) is 0 Å². The maximum absolute atomic E-state index is 11.7. The standard InChI is InChI=1S/C14H10BrCl2NO2/c15-9-1-4-11(5-2-9)18-14(19)8-20-13-6-3-10(16)7-12(13)17/h1-7H,8H2,(H,18,19). The molecule has 0 aliphatic rings. The highest BCUT2D eigenvalue weighted by Crippen LogP contribution is 2.27. The Bertz CT molecular complexity index is 617. The zero-order chi connectivity index (χ0) is 14.5. The van der Waals surface area contributed by atoms with E-state index in [1.54, 1.807) is 30.3 Å². The van der Waals surface area contributed by atoms with Crippen LogP contribution in [0.1, 0.15) is 0 Å². The number of halogens is 3. The second-order valence-corrected chi connectivity index (χ2v) is 5.68. The largest absolute Gasteiger partial charge is 0.482 e. The van der Waals surface area contributed by atoms with Gasteiger partial charge in [0.2, 0.25) is 0 Å². The van der Waals surface area contributed by atoms with Gasteiger partial charge in [0, 0.05) is 15.2 Å². The monoisotopic (exact) mass is 373 g/mol. The van der Waals surface area contributed by atoms with E-state index in [4.69, 9.17) is 27.9 Å². The lowest BCUT2D eigenvalue weighted by Gasteiger charge is -2.09. The number of nitrogens with one attached hydrogen (secondary N) is 1. The van der Waals surface area contributed by atoms with Crippen LogP contribution in [0.4, 0.5) is 5.69 Å². The lowest BCUT2D eigenvalue weighted by molar-refractivity contribution is -0.118. The lowest BCUT2D eigenvalue weighted by atomic mass is 10.3. The number of carbonyl (C=O) groups excluding carboxylic acids is 1. The van der Waals surface area contributed by atoms with E-state index in [-0.39, 0.29) is 12.5 Å². The maximum atomic E-state index is 11.7. The molecule has 1 N–H and O–H groups in total. The quantitative estimate of drug-likeness (QED) is 0.836. The Morgan fingerprint density at radius 3 is 2.50 bits per heavy atom. The molecule has 0 saturated heterocycles. The van der Waals surface area contributed by atoms with Crippen LogP contribution in [-0.2, 0) is 4.79 Å². The summed E-state index contributed by atoms with van der Waals surface area (Å²) < 4.78 is 6.28. The van der Waals surface area contributed by atoms with Crippen molar-refractivity contribution in [1.29, 1.82) is 0 Å². The van der Waals surface area contributed by atoms with Crippen molar-refractivity contribution in [2.24, 2.45) is 0 Å². The molecule has 2 aromatic carbocycles. The molecule has 0 radical (unpaired) electrons. The van der Waals surface area contributed by atoms with E-state index in [9.17, 15) is 4.79 Å².